The van der Waals surface area contributed by atoms with E-state index in [1.807, 2.05) is 0 Å². The Labute approximate surface area is 177 Å². The van der Waals surface area contributed by atoms with Crippen molar-refractivity contribution in [1.82, 2.24) is 0 Å². The summed E-state index contributed by atoms with van der Waals surface area (Å²) in [6, 6.07) is 27.2. The predicted molar refractivity (Wildman–Crippen MR) is 126 cm³/mol. The van der Waals surface area contributed by atoms with E-state index in [1.54, 1.807) is 11.1 Å². The highest BCUT2D eigenvalue weighted by Crippen LogP contribution is 2.56. The molecule has 0 radical (unpaired) electrons. The average molecular weight is 383 g/mol. The van der Waals surface area contributed by atoms with E-state index >= 15 is 0 Å². The van der Waals surface area contributed by atoms with Gasteiger partial charge in [0, 0.05) is 5.41 Å². The normalized spacial score (nSPS) is 19.4. The van der Waals surface area contributed by atoms with Gasteiger partial charge in [-0.1, -0.05) is 107 Å². The molecule has 1 aliphatic carbocycles. The van der Waals surface area contributed by atoms with Crippen LogP contribution in [0.2, 0.25) is 0 Å². The van der Waals surface area contributed by atoms with Crippen LogP contribution in [0.15, 0.2) is 72.8 Å². The second kappa shape index (κ2) is 8.19. The molecule has 4 rings (SSSR count). The Morgan fingerprint density at radius 3 is 1.86 bits per heavy atom. The molecule has 0 heteroatoms. The van der Waals surface area contributed by atoms with Crippen molar-refractivity contribution in [3.63, 3.8) is 0 Å². The summed E-state index contributed by atoms with van der Waals surface area (Å²) in [5.41, 5.74) is 8.80. The zero-order valence-electron chi connectivity index (χ0n) is 18.4. The molecule has 0 spiro atoms. The summed E-state index contributed by atoms with van der Waals surface area (Å²) in [5.74, 6) is 1.41. The number of fused-ring (bicyclic) bond motifs is 3. The number of hydrogen-bond donors (Lipinski definition) is 0. The molecule has 0 aliphatic heterocycles. The average Bonchev–Trinajstić information content (AvgIpc) is 3.03. The zero-order chi connectivity index (χ0) is 20.4. The van der Waals surface area contributed by atoms with Gasteiger partial charge in [-0.3, -0.25) is 0 Å². The third-order valence-electron chi connectivity index (χ3n) is 7.16. The quantitative estimate of drug-likeness (QED) is 0.384. The van der Waals surface area contributed by atoms with Crippen LogP contribution in [0.1, 0.15) is 64.5 Å². The maximum atomic E-state index is 2.51. The van der Waals surface area contributed by atoms with Gasteiger partial charge in [-0.05, 0) is 64.1 Å². The number of rotatable bonds is 7. The van der Waals surface area contributed by atoms with Crippen LogP contribution in [-0.4, -0.2) is 0 Å². The first kappa shape index (κ1) is 20.0. The van der Waals surface area contributed by atoms with Crippen LogP contribution in [0.25, 0.3) is 22.3 Å². The van der Waals surface area contributed by atoms with Crippen molar-refractivity contribution in [2.24, 2.45) is 11.8 Å². The minimum Gasteiger partial charge on any atom is -0.0651 e. The maximum absolute atomic E-state index is 2.51. The van der Waals surface area contributed by atoms with Gasteiger partial charge in [-0.25, -0.2) is 0 Å². The summed E-state index contributed by atoms with van der Waals surface area (Å²) in [6.45, 7) is 9.54. The van der Waals surface area contributed by atoms with Gasteiger partial charge < -0.3 is 0 Å². The summed E-state index contributed by atoms with van der Waals surface area (Å²) >= 11 is 0. The zero-order valence-corrected chi connectivity index (χ0v) is 18.4. The highest BCUT2D eigenvalue weighted by Gasteiger charge is 2.44. The van der Waals surface area contributed by atoms with Gasteiger partial charge in [0.05, 0.1) is 0 Å². The molecule has 1 aliphatic rings. The van der Waals surface area contributed by atoms with E-state index in [-0.39, 0.29) is 5.41 Å². The lowest BCUT2D eigenvalue weighted by Crippen LogP contribution is -2.30. The smallest absolute Gasteiger partial charge is 0.0220 e. The molecule has 0 saturated heterocycles. The van der Waals surface area contributed by atoms with Gasteiger partial charge in [0.15, 0.2) is 0 Å². The van der Waals surface area contributed by atoms with Crippen molar-refractivity contribution in [1.29, 1.82) is 0 Å². The third-order valence-corrected chi connectivity index (χ3v) is 7.16. The standard InChI is InChI=1S/C29H34/c1-5-21(3)19-29(20-22(4)6-2)27-15-11-10-14-25(27)26-17-16-24(18-28(26)29)23-12-8-7-9-13-23/h7-18,21-22H,5-6,19-20H2,1-4H3. The SMILES string of the molecule is CCC(C)CC1(CC(C)CC)c2ccccc2-c2ccc(-c3ccccc3)cc21. The molecule has 0 amide bonds. The Morgan fingerprint density at radius 2 is 1.21 bits per heavy atom. The highest BCUT2D eigenvalue weighted by atomic mass is 14.5. The molecule has 2 unspecified atom stereocenters. The molecule has 0 N–H and O–H groups in total. The lowest BCUT2D eigenvalue weighted by Gasteiger charge is -2.37. The Balaban J connectivity index is 1.94. The van der Waals surface area contributed by atoms with Crippen LogP contribution in [0.5, 0.6) is 0 Å². The maximum Gasteiger partial charge on any atom is 0.0220 e. The third kappa shape index (κ3) is 3.54. The van der Waals surface area contributed by atoms with E-state index < -0.39 is 0 Å². The van der Waals surface area contributed by atoms with Crippen molar-refractivity contribution in [3.8, 4) is 22.3 Å². The molecule has 29 heavy (non-hydrogen) atoms. The van der Waals surface area contributed by atoms with Gasteiger partial charge in [0.1, 0.15) is 0 Å². The molecule has 150 valence electrons. The second-order valence-corrected chi connectivity index (χ2v) is 9.19. The molecule has 0 fully saturated rings. The fraction of sp³-hybridized carbons (Fsp3) is 0.379. The summed E-state index contributed by atoms with van der Waals surface area (Å²) in [7, 11) is 0. The van der Waals surface area contributed by atoms with E-state index in [0.29, 0.717) is 11.8 Å². The first-order chi connectivity index (χ1) is 14.1. The minimum atomic E-state index is 0.127. The topological polar surface area (TPSA) is 0 Å². The van der Waals surface area contributed by atoms with E-state index in [2.05, 4.69) is 100 Å². The first-order valence-corrected chi connectivity index (χ1v) is 11.4. The monoisotopic (exact) mass is 382 g/mol. The first-order valence-electron chi connectivity index (χ1n) is 11.4. The summed E-state index contributed by atoms with van der Waals surface area (Å²) in [6.07, 6.45) is 4.93. The molecule has 2 atom stereocenters. The molecule has 3 aromatic rings. The fourth-order valence-electron chi connectivity index (χ4n) is 5.27. The molecular formula is C29H34. The highest BCUT2D eigenvalue weighted by molar-refractivity contribution is 5.84. The van der Waals surface area contributed by atoms with Crippen LogP contribution in [0, 0.1) is 11.8 Å². The van der Waals surface area contributed by atoms with Crippen LogP contribution in [-0.2, 0) is 5.41 Å². The number of hydrogen-bond acceptors (Lipinski definition) is 0. The van der Waals surface area contributed by atoms with Crippen molar-refractivity contribution >= 4 is 0 Å². The van der Waals surface area contributed by atoms with Gasteiger partial charge in [0.25, 0.3) is 0 Å². The number of benzene rings is 3. The van der Waals surface area contributed by atoms with Crippen molar-refractivity contribution in [2.45, 2.75) is 58.8 Å². The fourth-order valence-corrected chi connectivity index (χ4v) is 5.27. The van der Waals surface area contributed by atoms with Crippen LogP contribution in [0.4, 0.5) is 0 Å². The molecule has 0 nitrogen and oxygen atoms in total. The van der Waals surface area contributed by atoms with E-state index in [9.17, 15) is 0 Å². The Bertz CT molecular complexity index is 954. The van der Waals surface area contributed by atoms with E-state index in [0.717, 1.165) is 0 Å². The van der Waals surface area contributed by atoms with E-state index in [1.165, 1.54) is 47.9 Å². The molecule has 0 bridgehead atoms. The van der Waals surface area contributed by atoms with Gasteiger partial charge in [-0.2, -0.15) is 0 Å². The van der Waals surface area contributed by atoms with Crippen LogP contribution in [0.3, 0.4) is 0 Å². The Morgan fingerprint density at radius 1 is 0.621 bits per heavy atom. The second-order valence-electron chi connectivity index (χ2n) is 9.19. The van der Waals surface area contributed by atoms with Gasteiger partial charge in [0.2, 0.25) is 0 Å². The summed E-state index contributed by atoms with van der Waals surface area (Å²) in [5, 5.41) is 0. The van der Waals surface area contributed by atoms with E-state index in [4.69, 9.17) is 0 Å². The Hall–Kier alpha value is -2.34. The van der Waals surface area contributed by atoms with Crippen LogP contribution < -0.4 is 0 Å². The lowest BCUT2D eigenvalue weighted by molar-refractivity contribution is 0.308. The molecule has 3 aromatic carbocycles. The minimum absolute atomic E-state index is 0.127. The predicted octanol–water partition coefficient (Wildman–Crippen LogP) is 8.49. The summed E-state index contributed by atoms with van der Waals surface area (Å²) in [4.78, 5) is 0. The molecule has 0 saturated carbocycles. The van der Waals surface area contributed by atoms with Crippen molar-refractivity contribution in [3.05, 3.63) is 83.9 Å². The molecule has 0 aromatic heterocycles. The van der Waals surface area contributed by atoms with Crippen molar-refractivity contribution < 1.29 is 0 Å². The lowest BCUT2D eigenvalue weighted by atomic mass is 9.66. The van der Waals surface area contributed by atoms with Gasteiger partial charge >= 0.3 is 0 Å². The Kier molecular flexibility index (Phi) is 5.63. The van der Waals surface area contributed by atoms with Crippen LogP contribution >= 0.6 is 0 Å². The largest absolute Gasteiger partial charge is 0.0651 e. The summed E-state index contributed by atoms with van der Waals surface area (Å²) < 4.78 is 0. The molecule has 0 heterocycles. The molecular weight excluding hydrogens is 348 g/mol. The van der Waals surface area contributed by atoms with Gasteiger partial charge in [-0.15, -0.1) is 0 Å². The van der Waals surface area contributed by atoms with Crippen molar-refractivity contribution in [2.75, 3.05) is 0 Å².